The number of rotatable bonds is 10. The summed E-state index contributed by atoms with van der Waals surface area (Å²) in [4.78, 5) is 37.6. The number of carbonyl (C=O) groups excluding carboxylic acids is 1. The van der Waals surface area contributed by atoms with Crippen LogP contribution in [0.3, 0.4) is 0 Å². The molecule has 0 radical (unpaired) electrons. The summed E-state index contributed by atoms with van der Waals surface area (Å²) in [5.74, 6) is -0.816. The second-order valence-electron chi connectivity index (χ2n) is 10.1. The number of carbonyl (C=O) groups is 1. The number of hydrogen-bond donors (Lipinski definition) is 0. The third-order valence-electron chi connectivity index (χ3n) is 7.22. The van der Waals surface area contributed by atoms with Gasteiger partial charge in [-0.05, 0) is 72.1 Å². The molecule has 0 aliphatic carbocycles. The van der Waals surface area contributed by atoms with Crippen LogP contribution < -0.4 is 10.3 Å². The normalized spacial score (nSPS) is 11.5. The molecule has 0 unspecified atom stereocenters. The van der Waals surface area contributed by atoms with E-state index in [4.69, 9.17) is 9.72 Å². The van der Waals surface area contributed by atoms with Crippen molar-refractivity contribution in [2.24, 2.45) is 0 Å². The zero-order valence-corrected chi connectivity index (χ0v) is 23.7. The number of halogens is 4. The van der Waals surface area contributed by atoms with E-state index < -0.39 is 23.5 Å². The second kappa shape index (κ2) is 13.1. The van der Waals surface area contributed by atoms with E-state index in [1.165, 1.54) is 4.57 Å². The van der Waals surface area contributed by atoms with Crippen molar-refractivity contribution >= 4 is 16.8 Å². The maximum Gasteiger partial charge on any atom is 0.419 e. The van der Waals surface area contributed by atoms with Crippen LogP contribution in [0.5, 0.6) is 5.75 Å². The number of para-hydroxylation sites is 1. The Kier molecular flexibility index (Phi) is 9.03. The van der Waals surface area contributed by atoms with Gasteiger partial charge >= 0.3 is 6.18 Å². The lowest BCUT2D eigenvalue weighted by Gasteiger charge is -2.24. The number of benzene rings is 3. The van der Waals surface area contributed by atoms with Crippen LogP contribution in [-0.2, 0) is 30.2 Å². The summed E-state index contributed by atoms with van der Waals surface area (Å²) in [5, 5.41) is 0.431. The molecule has 0 N–H and O–H groups in total. The topological polar surface area (TPSA) is 77.3 Å². The van der Waals surface area contributed by atoms with Crippen LogP contribution in [0, 0.1) is 5.82 Å². The first kappa shape index (κ1) is 30.4. The van der Waals surface area contributed by atoms with E-state index in [0.29, 0.717) is 40.7 Å². The number of pyridine rings is 1. The molecular formula is C33H28F4N4O3. The Hall–Kier alpha value is -5.06. The molecule has 5 aromatic rings. The smallest absolute Gasteiger partial charge is 0.419 e. The molecule has 0 fully saturated rings. The lowest BCUT2D eigenvalue weighted by Crippen LogP contribution is -2.37. The molecule has 0 spiro atoms. The van der Waals surface area contributed by atoms with E-state index in [1.54, 1.807) is 79.0 Å². The van der Waals surface area contributed by atoms with Gasteiger partial charge < -0.3 is 9.64 Å². The molecule has 2 aromatic heterocycles. The zero-order chi connectivity index (χ0) is 31.3. The number of hydrogen-bond acceptors (Lipinski definition) is 5. The van der Waals surface area contributed by atoms with Crippen molar-refractivity contribution in [1.82, 2.24) is 19.4 Å². The molecule has 0 bridgehead atoms. The van der Waals surface area contributed by atoms with Crippen molar-refractivity contribution in [3.8, 4) is 11.4 Å². The summed E-state index contributed by atoms with van der Waals surface area (Å²) in [6.07, 6.45) is -1.19. The summed E-state index contributed by atoms with van der Waals surface area (Å²) in [6, 6.07) is 20.1. The molecule has 0 aliphatic heterocycles. The van der Waals surface area contributed by atoms with Gasteiger partial charge in [0.25, 0.3) is 5.56 Å². The molecule has 0 saturated carbocycles. The number of nitrogens with zero attached hydrogens (tertiary/aromatic N) is 4. The van der Waals surface area contributed by atoms with Crippen molar-refractivity contribution in [2.45, 2.75) is 25.4 Å². The van der Waals surface area contributed by atoms with E-state index in [9.17, 15) is 27.2 Å². The summed E-state index contributed by atoms with van der Waals surface area (Å²) in [6.45, 7) is 0.400. The van der Waals surface area contributed by atoms with Crippen molar-refractivity contribution in [2.75, 3.05) is 20.2 Å². The van der Waals surface area contributed by atoms with Gasteiger partial charge in [-0.25, -0.2) is 9.37 Å². The Morgan fingerprint density at radius 3 is 2.36 bits per heavy atom. The van der Waals surface area contributed by atoms with E-state index in [0.717, 1.165) is 17.7 Å². The SMILES string of the molecule is COc1ccc(-n2c(CCN(CCc3cccnc3)C(=O)Cc3ccc(C(F)(F)F)c(F)c3)nc3ccccc3c2=O)cc1. The first-order valence-corrected chi connectivity index (χ1v) is 13.8. The van der Waals surface area contributed by atoms with E-state index in [2.05, 4.69) is 4.98 Å². The van der Waals surface area contributed by atoms with Crippen molar-refractivity contribution in [1.29, 1.82) is 0 Å². The minimum atomic E-state index is -4.84. The second-order valence-corrected chi connectivity index (χ2v) is 10.1. The van der Waals surface area contributed by atoms with E-state index in [-0.39, 0.29) is 37.1 Å². The van der Waals surface area contributed by atoms with Gasteiger partial charge in [-0.15, -0.1) is 0 Å². The number of fused-ring (bicyclic) bond motifs is 1. The van der Waals surface area contributed by atoms with Crippen molar-refractivity contribution < 1.29 is 27.1 Å². The molecule has 0 atom stereocenters. The van der Waals surface area contributed by atoms with Gasteiger partial charge in [-0.3, -0.25) is 19.1 Å². The fraction of sp³-hybridized carbons (Fsp3) is 0.212. The Balaban J connectivity index is 1.45. The van der Waals surface area contributed by atoms with Crippen LogP contribution in [0.25, 0.3) is 16.6 Å². The number of amides is 1. The lowest BCUT2D eigenvalue weighted by molar-refractivity contribution is -0.140. The fourth-order valence-electron chi connectivity index (χ4n) is 4.94. The van der Waals surface area contributed by atoms with Gasteiger partial charge in [0.1, 0.15) is 17.4 Å². The van der Waals surface area contributed by atoms with Crippen LogP contribution in [-0.4, -0.2) is 45.5 Å². The minimum absolute atomic E-state index is 0.117. The third kappa shape index (κ3) is 6.94. The first-order chi connectivity index (χ1) is 21.1. The predicted molar refractivity (Wildman–Crippen MR) is 157 cm³/mol. The van der Waals surface area contributed by atoms with Crippen LogP contribution in [0.2, 0.25) is 0 Å². The largest absolute Gasteiger partial charge is 0.497 e. The zero-order valence-electron chi connectivity index (χ0n) is 23.7. The fourth-order valence-corrected chi connectivity index (χ4v) is 4.94. The molecule has 226 valence electrons. The van der Waals surface area contributed by atoms with Crippen LogP contribution in [0.4, 0.5) is 17.6 Å². The quantitative estimate of drug-likeness (QED) is 0.188. The Labute approximate surface area is 250 Å². The molecule has 7 nitrogen and oxygen atoms in total. The lowest BCUT2D eigenvalue weighted by atomic mass is 10.1. The molecule has 1 amide bonds. The summed E-state index contributed by atoms with van der Waals surface area (Å²) in [5.41, 5.74) is 0.407. The highest BCUT2D eigenvalue weighted by Gasteiger charge is 2.34. The molecule has 11 heteroatoms. The standard InChI is InChI=1S/C33H28F4N4O3/c1-44-25-11-9-24(10-12-25)41-30(39-29-7-3-2-6-26(29)32(41)43)15-18-40(17-14-22-5-4-16-38-21-22)31(42)20-23-8-13-27(28(34)19-23)33(35,36)37/h2-13,16,19,21H,14-15,17-18,20H2,1H3. The Morgan fingerprint density at radius 1 is 0.932 bits per heavy atom. The van der Waals surface area contributed by atoms with Gasteiger partial charge in [0.05, 0.1) is 35.7 Å². The van der Waals surface area contributed by atoms with E-state index in [1.807, 2.05) is 6.07 Å². The average molecular weight is 605 g/mol. The van der Waals surface area contributed by atoms with Gasteiger partial charge in [0.15, 0.2) is 0 Å². The highest BCUT2D eigenvalue weighted by Crippen LogP contribution is 2.31. The molecule has 0 aliphatic rings. The molecule has 5 rings (SSSR count). The molecular weight excluding hydrogens is 576 g/mol. The van der Waals surface area contributed by atoms with Gasteiger partial charge in [-0.1, -0.05) is 24.3 Å². The van der Waals surface area contributed by atoms with Crippen LogP contribution in [0.1, 0.15) is 22.5 Å². The maximum absolute atomic E-state index is 14.3. The summed E-state index contributed by atoms with van der Waals surface area (Å²) in [7, 11) is 1.54. The number of aromatic nitrogens is 3. The first-order valence-electron chi connectivity index (χ1n) is 13.8. The monoisotopic (exact) mass is 604 g/mol. The average Bonchev–Trinajstić information content (AvgIpc) is 3.01. The van der Waals surface area contributed by atoms with Gasteiger partial charge in [0, 0.05) is 31.9 Å². The summed E-state index contributed by atoms with van der Waals surface area (Å²) >= 11 is 0. The van der Waals surface area contributed by atoms with Crippen LogP contribution >= 0.6 is 0 Å². The predicted octanol–water partition coefficient (Wildman–Crippen LogP) is 5.80. The van der Waals surface area contributed by atoms with Crippen LogP contribution in [0.15, 0.2) is 96.1 Å². The Morgan fingerprint density at radius 2 is 1.68 bits per heavy atom. The molecule has 0 saturated heterocycles. The number of alkyl halides is 3. The molecule has 44 heavy (non-hydrogen) atoms. The third-order valence-corrected chi connectivity index (χ3v) is 7.22. The highest BCUT2D eigenvalue weighted by atomic mass is 19.4. The summed E-state index contributed by atoms with van der Waals surface area (Å²) < 4.78 is 60.2. The van der Waals surface area contributed by atoms with Crippen molar-refractivity contribution in [3.63, 3.8) is 0 Å². The van der Waals surface area contributed by atoms with Gasteiger partial charge in [0.2, 0.25) is 5.91 Å². The number of ether oxygens (including phenoxy) is 1. The van der Waals surface area contributed by atoms with E-state index >= 15 is 0 Å². The Bertz CT molecular complexity index is 1820. The minimum Gasteiger partial charge on any atom is -0.497 e. The van der Waals surface area contributed by atoms with Gasteiger partial charge in [-0.2, -0.15) is 13.2 Å². The van der Waals surface area contributed by atoms with Crippen molar-refractivity contribution in [3.05, 3.63) is 130 Å². The molecule has 3 aromatic carbocycles. The maximum atomic E-state index is 14.3. The number of methoxy groups -OCH3 is 1. The molecule has 2 heterocycles. The highest BCUT2D eigenvalue weighted by molar-refractivity contribution is 5.79.